The average molecular weight is 354 g/mol. The summed E-state index contributed by atoms with van der Waals surface area (Å²) in [5, 5.41) is 0.278. The lowest BCUT2D eigenvalue weighted by molar-refractivity contribution is 0.122. The van der Waals surface area contributed by atoms with E-state index in [2.05, 4.69) is 9.97 Å². The van der Waals surface area contributed by atoms with Crippen LogP contribution in [0.3, 0.4) is 0 Å². The van der Waals surface area contributed by atoms with Gasteiger partial charge < -0.3 is 9.64 Å². The Morgan fingerprint density at radius 3 is 2.57 bits per heavy atom. The molecule has 0 N–H and O–H groups in total. The third-order valence-corrected chi connectivity index (χ3v) is 4.89. The van der Waals surface area contributed by atoms with Crippen molar-refractivity contribution in [3.63, 3.8) is 0 Å². The molecule has 1 aliphatic heterocycles. The standard InChI is InChI=1S/C15H16ClN3O3S/c1-23(20,21)13-5-3-2-4-11(13)12-10-14(16)18-15(17-12)19-6-8-22-9-7-19/h2-5,10H,6-9H2,1H3. The first kappa shape index (κ1) is 16.2. The Balaban J connectivity index is 2.09. The number of hydrogen-bond donors (Lipinski definition) is 0. The zero-order valence-corrected chi connectivity index (χ0v) is 14.1. The van der Waals surface area contributed by atoms with Crippen LogP contribution in [0.4, 0.5) is 5.95 Å². The second-order valence-corrected chi connectivity index (χ2v) is 7.62. The number of sulfone groups is 1. The van der Waals surface area contributed by atoms with Gasteiger partial charge in [0.2, 0.25) is 5.95 Å². The molecule has 2 aromatic rings. The number of halogens is 1. The summed E-state index contributed by atoms with van der Waals surface area (Å²) in [6.45, 7) is 2.55. The molecule has 122 valence electrons. The van der Waals surface area contributed by atoms with E-state index in [4.69, 9.17) is 16.3 Å². The smallest absolute Gasteiger partial charge is 0.227 e. The van der Waals surface area contributed by atoms with E-state index in [9.17, 15) is 8.42 Å². The third kappa shape index (κ3) is 3.63. The number of ether oxygens (including phenoxy) is 1. The summed E-state index contributed by atoms with van der Waals surface area (Å²) in [6, 6.07) is 8.32. The summed E-state index contributed by atoms with van der Waals surface area (Å²) < 4.78 is 29.3. The van der Waals surface area contributed by atoms with E-state index >= 15 is 0 Å². The van der Waals surface area contributed by atoms with Crippen LogP contribution in [0.2, 0.25) is 5.15 Å². The highest BCUT2D eigenvalue weighted by Gasteiger charge is 2.19. The van der Waals surface area contributed by atoms with Crippen molar-refractivity contribution < 1.29 is 13.2 Å². The maximum atomic E-state index is 12.0. The molecule has 8 heteroatoms. The molecular weight excluding hydrogens is 338 g/mol. The topological polar surface area (TPSA) is 72.4 Å². The Hall–Kier alpha value is -1.70. The first-order valence-electron chi connectivity index (χ1n) is 7.12. The van der Waals surface area contributed by atoms with Gasteiger partial charge in [-0.3, -0.25) is 0 Å². The molecule has 3 rings (SSSR count). The van der Waals surface area contributed by atoms with Gasteiger partial charge in [0.05, 0.1) is 23.8 Å². The molecule has 2 heterocycles. The van der Waals surface area contributed by atoms with Gasteiger partial charge in [-0.05, 0) is 6.07 Å². The Kier molecular flexibility index (Phi) is 4.52. The highest BCUT2D eigenvalue weighted by molar-refractivity contribution is 7.90. The molecule has 0 atom stereocenters. The minimum atomic E-state index is -3.37. The van der Waals surface area contributed by atoms with Crippen molar-refractivity contribution in [1.29, 1.82) is 0 Å². The molecule has 6 nitrogen and oxygen atoms in total. The van der Waals surface area contributed by atoms with Crippen LogP contribution < -0.4 is 4.90 Å². The van der Waals surface area contributed by atoms with Crippen molar-refractivity contribution in [2.75, 3.05) is 37.5 Å². The predicted octanol–water partition coefficient (Wildman–Crippen LogP) is 2.04. The minimum absolute atomic E-state index is 0.225. The van der Waals surface area contributed by atoms with E-state index in [1.165, 1.54) is 6.26 Å². The second kappa shape index (κ2) is 6.43. The second-order valence-electron chi connectivity index (χ2n) is 5.24. The van der Waals surface area contributed by atoms with Gasteiger partial charge in [-0.1, -0.05) is 29.8 Å². The summed E-state index contributed by atoms with van der Waals surface area (Å²) in [7, 11) is -3.37. The Labute approximate surface area is 140 Å². The van der Waals surface area contributed by atoms with Crippen molar-refractivity contribution in [1.82, 2.24) is 9.97 Å². The fourth-order valence-corrected chi connectivity index (χ4v) is 3.53. The Bertz CT molecular complexity index is 820. The summed E-state index contributed by atoms with van der Waals surface area (Å²) >= 11 is 6.13. The molecule has 0 bridgehead atoms. The minimum Gasteiger partial charge on any atom is -0.378 e. The summed E-state index contributed by atoms with van der Waals surface area (Å²) in [5.74, 6) is 0.485. The van der Waals surface area contributed by atoms with Crippen LogP contribution in [-0.4, -0.2) is 50.9 Å². The number of aromatic nitrogens is 2. The summed E-state index contributed by atoms with van der Waals surface area (Å²) in [4.78, 5) is 11.0. The molecule has 0 aliphatic carbocycles. The van der Waals surface area contributed by atoms with Crippen molar-refractivity contribution in [2.24, 2.45) is 0 Å². The fourth-order valence-electron chi connectivity index (χ4n) is 2.45. The van der Waals surface area contributed by atoms with E-state index in [0.717, 1.165) is 0 Å². The summed E-state index contributed by atoms with van der Waals surface area (Å²) in [6.07, 6.45) is 1.18. The number of morpholine rings is 1. The number of hydrogen-bond acceptors (Lipinski definition) is 6. The maximum absolute atomic E-state index is 12.0. The lowest BCUT2D eigenvalue weighted by Crippen LogP contribution is -2.37. The predicted molar refractivity (Wildman–Crippen MR) is 88.6 cm³/mol. The van der Waals surface area contributed by atoms with E-state index in [-0.39, 0.29) is 10.0 Å². The molecule has 1 aromatic carbocycles. The van der Waals surface area contributed by atoms with E-state index in [0.29, 0.717) is 43.5 Å². The van der Waals surface area contributed by atoms with Crippen LogP contribution in [0, 0.1) is 0 Å². The largest absolute Gasteiger partial charge is 0.378 e. The Morgan fingerprint density at radius 1 is 1.17 bits per heavy atom. The first-order valence-corrected chi connectivity index (χ1v) is 9.39. The lowest BCUT2D eigenvalue weighted by Gasteiger charge is -2.27. The molecule has 1 aromatic heterocycles. The van der Waals surface area contributed by atoms with Crippen molar-refractivity contribution in [3.05, 3.63) is 35.5 Å². The quantitative estimate of drug-likeness (QED) is 0.786. The molecule has 0 unspecified atom stereocenters. The van der Waals surface area contributed by atoms with Crippen LogP contribution in [-0.2, 0) is 14.6 Å². The summed E-state index contributed by atoms with van der Waals surface area (Å²) in [5.41, 5.74) is 1.02. The van der Waals surface area contributed by atoms with Crippen LogP contribution in [0.5, 0.6) is 0 Å². The van der Waals surface area contributed by atoms with E-state index in [1.54, 1.807) is 30.3 Å². The van der Waals surface area contributed by atoms with Gasteiger partial charge in [-0.25, -0.2) is 18.4 Å². The van der Waals surface area contributed by atoms with Gasteiger partial charge in [0.1, 0.15) is 5.15 Å². The average Bonchev–Trinajstić information content (AvgIpc) is 2.54. The normalized spacial score (nSPS) is 15.7. The van der Waals surface area contributed by atoms with Gasteiger partial charge in [0.25, 0.3) is 0 Å². The molecule has 1 saturated heterocycles. The van der Waals surface area contributed by atoms with E-state index in [1.807, 2.05) is 4.90 Å². The number of anilines is 1. The Morgan fingerprint density at radius 2 is 1.87 bits per heavy atom. The third-order valence-electron chi connectivity index (χ3n) is 3.54. The van der Waals surface area contributed by atoms with Gasteiger partial charge >= 0.3 is 0 Å². The van der Waals surface area contributed by atoms with Crippen LogP contribution in [0.1, 0.15) is 0 Å². The van der Waals surface area contributed by atoms with Crippen molar-refractivity contribution >= 4 is 27.4 Å². The maximum Gasteiger partial charge on any atom is 0.227 e. The van der Waals surface area contributed by atoms with Crippen molar-refractivity contribution in [3.8, 4) is 11.3 Å². The van der Waals surface area contributed by atoms with Crippen LogP contribution in [0.15, 0.2) is 35.2 Å². The first-order chi connectivity index (χ1) is 10.9. The molecular formula is C15H16ClN3O3S. The van der Waals surface area contributed by atoms with Gasteiger partial charge in [-0.15, -0.1) is 0 Å². The van der Waals surface area contributed by atoms with Gasteiger partial charge in [0, 0.05) is 31.0 Å². The lowest BCUT2D eigenvalue weighted by atomic mass is 10.1. The van der Waals surface area contributed by atoms with Crippen LogP contribution >= 0.6 is 11.6 Å². The van der Waals surface area contributed by atoms with Gasteiger partial charge in [-0.2, -0.15) is 0 Å². The fraction of sp³-hybridized carbons (Fsp3) is 0.333. The molecule has 1 aliphatic rings. The number of rotatable bonds is 3. The SMILES string of the molecule is CS(=O)(=O)c1ccccc1-c1cc(Cl)nc(N2CCOCC2)n1. The molecule has 23 heavy (non-hydrogen) atoms. The highest BCUT2D eigenvalue weighted by atomic mass is 35.5. The molecule has 0 spiro atoms. The zero-order valence-electron chi connectivity index (χ0n) is 12.6. The highest BCUT2D eigenvalue weighted by Crippen LogP contribution is 2.28. The van der Waals surface area contributed by atoms with Gasteiger partial charge in [0.15, 0.2) is 9.84 Å². The molecule has 1 fully saturated rings. The molecule has 0 amide bonds. The van der Waals surface area contributed by atoms with Crippen LogP contribution in [0.25, 0.3) is 11.3 Å². The number of nitrogens with zero attached hydrogens (tertiary/aromatic N) is 3. The molecule has 0 radical (unpaired) electrons. The monoisotopic (exact) mass is 353 g/mol. The number of benzene rings is 1. The zero-order chi connectivity index (χ0) is 16.4. The molecule has 0 saturated carbocycles. The van der Waals surface area contributed by atoms with Crippen molar-refractivity contribution in [2.45, 2.75) is 4.90 Å². The van der Waals surface area contributed by atoms with E-state index < -0.39 is 9.84 Å².